The number of aromatic amines is 1. The highest BCUT2D eigenvalue weighted by Crippen LogP contribution is 2.23. The first-order chi connectivity index (χ1) is 13.9. The Morgan fingerprint density at radius 3 is 2.38 bits per heavy atom. The van der Waals surface area contributed by atoms with Crippen molar-refractivity contribution in [2.75, 3.05) is 0 Å². The number of primary amides is 1. The number of H-pyrrole nitrogens is 1. The van der Waals surface area contributed by atoms with Crippen molar-refractivity contribution >= 4 is 23.0 Å². The molecule has 4 aromatic rings. The highest BCUT2D eigenvalue weighted by Gasteiger charge is 2.21. The number of aromatic carboxylic acids is 1. The Morgan fingerprint density at radius 1 is 1.07 bits per heavy atom. The van der Waals surface area contributed by atoms with Crippen LogP contribution in [0.3, 0.4) is 0 Å². The topological polar surface area (TPSA) is 144 Å². The Hall–Kier alpha value is -4.34. The second-order valence-electron chi connectivity index (χ2n) is 6.06. The zero-order valence-electron chi connectivity index (χ0n) is 14.6. The number of rotatable bonds is 4. The van der Waals surface area contributed by atoms with Gasteiger partial charge in [0.15, 0.2) is 17.2 Å². The second kappa shape index (κ2) is 6.68. The number of imidazole rings is 1. The molecule has 2 aromatic carbocycles. The molecule has 0 radical (unpaired) electrons. The smallest absolute Gasteiger partial charge is 0.335 e. The molecule has 0 spiro atoms. The lowest BCUT2D eigenvalue weighted by atomic mass is 10.1. The quantitative estimate of drug-likeness (QED) is 0.481. The van der Waals surface area contributed by atoms with Crippen LogP contribution < -0.4 is 11.4 Å². The average Bonchev–Trinajstić information content (AvgIpc) is 3.03. The van der Waals surface area contributed by atoms with Crippen LogP contribution in [0.4, 0.5) is 4.39 Å². The first-order valence-corrected chi connectivity index (χ1v) is 8.28. The summed E-state index contributed by atoms with van der Waals surface area (Å²) in [6.45, 7) is 0. The fourth-order valence-corrected chi connectivity index (χ4v) is 2.91. The number of carbonyl (C=O) groups excluding carboxylic acids is 1. The molecular formula is C19H12FN5O4. The van der Waals surface area contributed by atoms with E-state index in [9.17, 15) is 18.8 Å². The highest BCUT2D eigenvalue weighted by molar-refractivity contribution is 6.02. The van der Waals surface area contributed by atoms with Crippen molar-refractivity contribution < 1.29 is 19.1 Å². The van der Waals surface area contributed by atoms with Crippen molar-refractivity contribution in [3.63, 3.8) is 0 Å². The van der Waals surface area contributed by atoms with Gasteiger partial charge in [-0.3, -0.25) is 4.79 Å². The van der Waals surface area contributed by atoms with E-state index in [-0.39, 0.29) is 33.9 Å². The molecular weight excluding hydrogens is 381 g/mol. The van der Waals surface area contributed by atoms with Crippen molar-refractivity contribution in [1.82, 2.24) is 19.5 Å². The molecule has 0 aliphatic rings. The third kappa shape index (κ3) is 3.02. The lowest BCUT2D eigenvalue weighted by molar-refractivity contribution is 0.0696. The summed E-state index contributed by atoms with van der Waals surface area (Å²) in [5.74, 6) is -2.66. The number of carbonyl (C=O) groups is 2. The maximum atomic E-state index is 14.3. The fourth-order valence-electron chi connectivity index (χ4n) is 2.91. The lowest BCUT2D eigenvalue weighted by Gasteiger charge is -2.07. The first kappa shape index (κ1) is 18.0. The van der Waals surface area contributed by atoms with Crippen LogP contribution >= 0.6 is 0 Å². The van der Waals surface area contributed by atoms with Gasteiger partial charge in [-0.2, -0.15) is 0 Å². The number of hydrogen-bond acceptors (Lipinski definition) is 5. The van der Waals surface area contributed by atoms with Gasteiger partial charge < -0.3 is 15.8 Å². The van der Waals surface area contributed by atoms with E-state index in [0.29, 0.717) is 5.56 Å². The van der Waals surface area contributed by atoms with E-state index in [1.165, 1.54) is 42.5 Å². The van der Waals surface area contributed by atoms with Crippen LogP contribution in [0.25, 0.3) is 28.2 Å². The Morgan fingerprint density at radius 2 is 1.76 bits per heavy atom. The molecule has 0 aliphatic carbocycles. The van der Waals surface area contributed by atoms with E-state index in [0.717, 1.165) is 4.57 Å². The molecule has 4 rings (SSSR count). The van der Waals surface area contributed by atoms with Crippen molar-refractivity contribution in [1.29, 1.82) is 0 Å². The number of carboxylic acid groups (broad SMARTS) is 1. The molecule has 29 heavy (non-hydrogen) atoms. The first-order valence-electron chi connectivity index (χ1n) is 8.28. The number of aromatic nitrogens is 4. The van der Waals surface area contributed by atoms with Gasteiger partial charge in [0.05, 0.1) is 11.3 Å². The van der Waals surface area contributed by atoms with Crippen LogP contribution in [0.1, 0.15) is 20.8 Å². The van der Waals surface area contributed by atoms with Crippen LogP contribution in [0.15, 0.2) is 53.3 Å². The molecule has 0 fully saturated rings. The molecule has 0 unspecified atom stereocenters. The maximum absolute atomic E-state index is 14.3. The molecule has 0 saturated carbocycles. The highest BCUT2D eigenvalue weighted by atomic mass is 19.1. The number of hydrogen-bond donors (Lipinski definition) is 3. The maximum Gasteiger partial charge on any atom is 0.335 e. The van der Waals surface area contributed by atoms with Crippen LogP contribution in [0, 0.1) is 5.82 Å². The molecule has 1 amide bonds. The molecule has 2 heterocycles. The predicted octanol–water partition coefficient (Wildman–Crippen LogP) is 1.71. The summed E-state index contributed by atoms with van der Waals surface area (Å²) in [7, 11) is 0. The van der Waals surface area contributed by atoms with E-state index < -0.39 is 23.4 Å². The molecule has 0 atom stereocenters. The molecule has 9 nitrogen and oxygen atoms in total. The van der Waals surface area contributed by atoms with Gasteiger partial charge in [0.2, 0.25) is 0 Å². The van der Waals surface area contributed by atoms with Crippen LogP contribution in [0.5, 0.6) is 0 Å². The van der Waals surface area contributed by atoms with Crippen molar-refractivity contribution in [2.45, 2.75) is 0 Å². The Bertz CT molecular complexity index is 1340. The number of nitrogens with two attached hydrogens (primary N) is 1. The Labute approximate surface area is 161 Å². The zero-order valence-corrected chi connectivity index (χ0v) is 14.6. The number of carboxylic acids is 1. The van der Waals surface area contributed by atoms with Crippen molar-refractivity contribution in [2.24, 2.45) is 5.73 Å². The van der Waals surface area contributed by atoms with E-state index >= 15 is 0 Å². The summed E-state index contributed by atoms with van der Waals surface area (Å²) in [5, 5.41) is 9.03. The summed E-state index contributed by atoms with van der Waals surface area (Å²) in [4.78, 5) is 46.3. The third-order valence-electron chi connectivity index (χ3n) is 4.25. The minimum absolute atomic E-state index is 0.0207. The standard InChI is InChI=1S/C19H12FN5O4/c20-11-3-1-2-4-12(11)25-17-14(23-19(25)29)13(15(21)26)22-16(24-17)9-5-7-10(8-6-9)18(27)28/h1-8H,(H2,21,26)(H,23,29)(H,27,28). The molecule has 0 bridgehead atoms. The number of fused-ring (bicyclic) bond motifs is 1. The molecule has 2 aromatic heterocycles. The van der Waals surface area contributed by atoms with Gasteiger partial charge in [-0.1, -0.05) is 24.3 Å². The number of benzene rings is 2. The van der Waals surface area contributed by atoms with Gasteiger partial charge in [-0.25, -0.2) is 28.5 Å². The van der Waals surface area contributed by atoms with Crippen LogP contribution in [-0.2, 0) is 0 Å². The minimum atomic E-state index is -1.11. The number of halogens is 1. The number of para-hydroxylation sites is 1. The third-order valence-corrected chi connectivity index (χ3v) is 4.25. The van der Waals surface area contributed by atoms with E-state index in [1.54, 1.807) is 6.07 Å². The summed E-state index contributed by atoms with van der Waals surface area (Å²) in [6, 6.07) is 11.2. The lowest BCUT2D eigenvalue weighted by Crippen LogP contribution is -2.16. The van der Waals surface area contributed by atoms with Gasteiger partial charge >= 0.3 is 11.7 Å². The summed E-state index contributed by atoms with van der Waals surface area (Å²) in [6.07, 6.45) is 0. The molecule has 0 saturated heterocycles. The SMILES string of the molecule is NC(=O)c1nc(-c2ccc(C(=O)O)cc2)nc2c1[nH]c(=O)n2-c1ccccc1F. The Kier molecular flexibility index (Phi) is 4.15. The largest absolute Gasteiger partial charge is 0.478 e. The number of nitrogens with zero attached hydrogens (tertiary/aromatic N) is 3. The monoisotopic (exact) mass is 393 g/mol. The number of nitrogens with one attached hydrogen (secondary N) is 1. The van der Waals surface area contributed by atoms with E-state index in [1.807, 2.05) is 0 Å². The second-order valence-corrected chi connectivity index (χ2v) is 6.06. The summed E-state index contributed by atoms with van der Waals surface area (Å²) < 4.78 is 15.3. The average molecular weight is 393 g/mol. The van der Waals surface area contributed by atoms with Crippen molar-refractivity contribution in [3.05, 3.63) is 76.1 Å². The predicted molar refractivity (Wildman–Crippen MR) is 100 cm³/mol. The molecule has 10 heteroatoms. The van der Waals surface area contributed by atoms with Gasteiger partial charge in [-0.05, 0) is 24.3 Å². The van der Waals surface area contributed by atoms with Crippen LogP contribution in [-0.4, -0.2) is 36.5 Å². The van der Waals surface area contributed by atoms with Gasteiger partial charge in [0.1, 0.15) is 11.3 Å². The molecule has 144 valence electrons. The van der Waals surface area contributed by atoms with Gasteiger partial charge in [0, 0.05) is 5.56 Å². The number of amides is 1. The molecule has 0 aliphatic heterocycles. The van der Waals surface area contributed by atoms with E-state index in [2.05, 4.69) is 15.0 Å². The molecule has 4 N–H and O–H groups in total. The van der Waals surface area contributed by atoms with E-state index in [4.69, 9.17) is 10.8 Å². The van der Waals surface area contributed by atoms with Gasteiger partial charge in [0.25, 0.3) is 5.91 Å². The van der Waals surface area contributed by atoms with Crippen LogP contribution in [0.2, 0.25) is 0 Å². The minimum Gasteiger partial charge on any atom is -0.478 e. The fraction of sp³-hybridized carbons (Fsp3) is 0. The summed E-state index contributed by atoms with van der Waals surface area (Å²) in [5.41, 5.74) is 4.73. The summed E-state index contributed by atoms with van der Waals surface area (Å²) >= 11 is 0. The normalized spacial score (nSPS) is 10.9. The van der Waals surface area contributed by atoms with Gasteiger partial charge in [-0.15, -0.1) is 0 Å². The van der Waals surface area contributed by atoms with Crippen molar-refractivity contribution in [3.8, 4) is 17.1 Å². The Balaban J connectivity index is 2.02. The zero-order chi connectivity index (χ0) is 20.7.